The zero-order valence-electron chi connectivity index (χ0n) is 14.2. The van der Waals surface area contributed by atoms with E-state index in [1.54, 1.807) is 4.90 Å². The molecule has 1 aromatic carbocycles. The number of nitrogens with one attached hydrogen (secondary N) is 1. The normalized spacial score (nSPS) is 17.1. The minimum Gasteiger partial charge on any atom is -0.372 e. The Hall–Kier alpha value is -2.32. The maximum absolute atomic E-state index is 12.4. The fourth-order valence-corrected chi connectivity index (χ4v) is 3.62. The minimum absolute atomic E-state index is 0.00557. The van der Waals surface area contributed by atoms with E-state index in [9.17, 15) is 9.59 Å². The first kappa shape index (κ1) is 17.5. The van der Waals surface area contributed by atoms with Crippen molar-refractivity contribution < 1.29 is 14.3 Å². The molecule has 1 aliphatic heterocycles. The standard InChI is InChI=1S/C17H20N4O3S/c1-3-24-10-14(22)18-17-20-19-16(25-17)12-8-15(23)21(9-12)13-7-5-4-6-11(13)2/h4-7,12H,3,8-10H2,1-2H3,(H,18,20,22). The van der Waals surface area contributed by atoms with Gasteiger partial charge in [-0.25, -0.2) is 0 Å². The van der Waals surface area contributed by atoms with E-state index < -0.39 is 0 Å². The lowest BCUT2D eigenvalue weighted by molar-refractivity contribution is -0.120. The van der Waals surface area contributed by atoms with Crippen LogP contribution in [-0.4, -0.2) is 41.8 Å². The van der Waals surface area contributed by atoms with Crippen molar-refractivity contribution in [2.75, 3.05) is 30.0 Å². The van der Waals surface area contributed by atoms with Gasteiger partial charge in [0.05, 0.1) is 0 Å². The van der Waals surface area contributed by atoms with E-state index in [2.05, 4.69) is 15.5 Å². The summed E-state index contributed by atoms with van der Waals surface area (Å²) in [6, 6.07) is 7.83. The van der Waals surface area contributed by atoms with Crippen molar-refractivity contribution >= 4 is 34.0 Å². The zero-order chi connectivity index (χ0) is 17.8. The number of carbonyl (C=O) groups is 2. The van der Waals surface area contributed by atoms with Gasteiger partial charge < -0.3 is 9.64 Å². The Morgan fingerprint density at radius 1 is 1.40 bits per heavy atom. The number of hydrogen-bond donors (Lipinski definition) is 1. The van der Waals surface area contributed by atoms with Crippen molar-refractivity contribution in [2.24, 2.45) is 0 Å². The van der Waals surface area contributed by atoms with Crippen LogP contribution in [0.5, 0.6) is 0 Å². The highest BCUT2D eigenvalue weighted by atomic mass is 32.1. The maximum atomic E-state index is 12.4. The molecule has 2 amide bonds. The van der Waals surface area contributed by atoms with Crippen LogP contribution in [0.3, 0.4) is 0 Å². The predicted octanol–water partition coefficient (Wildman–Crippen LogP) is 2.34. The van der Waals surface area contributed by atoms with Crippen LogP contribution in [0.15, 0.2) is 24.3 Å². The highest BCUT2D eigenvalue weighted by Gasteiger charge is 2.34. The zero-order valence-corrected chi connectivity index (χ0v) is 15.0. The van der Waals surface area contributed by atoms with Gasteiger partial charge in [0.1, 0.15) is 11.6 Å². The first-order valence-corrected chi connectivity index (χ1v) is 8.97. The number of aromatic nitrogens is 2. The molecular weight excluding hydrogens is 340 g/mol. The Morgan fingerprint density at radius 3 is 2.96 bits per heavy atom. The summed E-state index contributed by atoms with van der Waals surface area (Å²) in [5.41, 5.74) is 2.00. The molecule has 7 nitrogen and oxygen atoms in total. The summed E-state index contributed by atoms with van der Waals surface area (Å²) in [5, 5.41) is 12.0. The van der Waals surface area contributed by atoms with Crippen LogP contribution in [0.1, 0.15) is 29.8 Å². The van der Waals surface area contributed by atoms with Crippen LogP contribution in [0.4, 0.5) is 10.8 Å². The Labute approximate surface area is 150 Å². The van der Waals surface area contributed by atoms with Gasteiger partial charge in [-0.15, -0.1) is 10.2 Å². The molecule has 1 fully saturated rings. The molecule has 0 saturated carbocycles. The minimum atomic E-state index is -0.256. The summed E-state index contributed by atoms with van der Waals surface area (Å²) in [7, 11) is 0. The number of carbonyl (C=O) groups excluding carboxylic acids is 2. The van der Waals surface area contributed by atoms with Crippen LogP contribution in [0, 0.1) is 6.92 Å². The Morgan fingerprint density at radius 2 is 2.20 bits per heavy atom. The summed E-state index contributed by atoms with van der Waals surface area (Å²) in [6.45, 7) is 4.87. The highest BCUT2D eigenvalue weighted by Crippen LogP contribution is 2.35. The number of ether oxygens (including phenoxy) is 1. The molecule has 1 saturated heterocycles. The lowest BCUT2D eigenvalue weighted by Crippen LogP contribution is -2.25. The molecular formula is C17H20N4O3S. The average molecular weight is 360 g/mol. The van der Waals surface area contributed by atoms with Gasteiger partial charge in [-0.05, 0) is 25.5 Å². The number of hydrogen-bond acceptors (Lipinski definition) is 6. The third kappa shape index (κ3) is 4.02. The molecule has 1 aromatic heterocycles. The van der Waals surface area contributed by atoms with E-state index in [1.165, 1.54) is 11.3 Å². The number of rotatable bonds is 6. The van der Waals surface area contributed by atoms with Crippen molar-refractivity contribution in [3.63, 3.8) is 0 Å². The van der Waals surface area contributed by atoms with Crippen molar-refractivity contribution in [3.8, 4) is 0 Å². The Bertz CT molecular complexity index is 777. The second-order valence-electron chi connectivity index (χ2n) is 5.82. The van der Waals surface area contributed by atoms with Gasteiger partial charge in [-0.3, -0.25) is 14.9 Å². The monoisotopic (exact) mass is 360 g/mol. The van der Waals surface area contributed by atoms with Gasteiger partial charge in [0.25, 0.3) is 5.91 Å². The van der Waals surface area contributed by atoms with Crippen molar-refractivity contribution in [3.05, 3.63) is 34.8 Å². The molecule has 2 heterocycles. The smallest absolute Gasteiger partial charge is 0.252 e. The molecule has 3 rings (SSSR count). The summed E-state index contributed by atoms with van der Waals surface area (Å²) < 4.78 is 5.06. The van der Waals surface area contributed by atoms with Crippen molar-refractivity contribution in [1.29, 1.82) is 0 Å². The second-order valence-corrected chi connectivity index (χ2v) is 6.83. The number of para-hydroxylation sites is 1. The highest BCUT2D eigenvalue weighted by molar-refractivity contribution is 7.15. The lowest BCUT2D eigenvalue weighted by atomic mass is 10.1. The summed E-state index contributed by atoms with van der Waals surface area (Å²) in [4.78, 5) is 25.9. The maximum Gasteiger partial charge on any atom is 0.252 e. The molecule has 2 aromatic rings. The molecule has 1 unspecified atom stereocenters. The molecule has 8 heteroatoms. The van der Waals surface area contributed by atoms with Crippen molar-refractivity contribution in [2.45, 2.75) is 26.2 Å². The fraction of sp³-hybridized carbons (Fsp3) is 0.412. The molecule has 1 N–H and O–H groups in total. The van der Waals surface area contributed by atoms with Crippen LogP contribution < -0.4 is 10.2 Å². The molecule has 0 aliphatic carbocycles. The summed E-state index contributed by atoms with van der Waals surface area (Å²) in [6.07, 6.45) is 0.399. The molecule has 1 atom stereocenters. The number of benzene rings is 1. The van der Waals surface area contributed by atoms with E-state index in [0.29, 0.717) is 24.7 Å². The van der Waals surface area contributed by atoms with Gasteiger partial charge >= 0.3 is 0 Å². The summed E-state index contributed by atoms with van der Waals surface area (Å²) in [5.74, 6) is -0.188. The number of aryl methyl sites for hydroxylation is 1. The van der Waals surface area contributed by atoms with E-state index in [1.807, 2.05) is 38.1 Å². The average Bonchev–Trinajstić information content (AvgIpc) is 3.20. The van der Waals surface area contributed by atoms with Crippen LogP contribution in [0.25, 0.3) is 0 Å². The molecule has 132 valence electrons. The third-order valence-corrected chi connectivity index (χ3v) is 5.01. The molecule has 25 heavy (non-hydrogen) atoms. The van der Waals surface area contributed by atoms with E-state index in [0.717, 1.165) is 16.3 Å². The van der Waals surface area contributed by atoms with Crippen molar-refractivity contribution in [1.82, 2.24) is 10.2 Å². The van der Waals surface area contributed by atoms with Crippen LogP contribution in [-0.2, 0) is 14.3 Å². The molecule has 0 radical (unpaired) electrons. The van der Waals surface area contributed by atoms with Crippen LogP contribution >= 0.6 is 11.3 Å². The quantitative estimate of drug-likeness (QED) is 0.855. The summed E-state index contributed by atoms with van der Waals surface area (Å²) >= 11 is 1.31. The Kier molecular flexibility index (Phi) is 5.40. The van der Waals surface area contributed by atoms with E-state index >= 15 is 0 Å². The molecule has 0 spiro atoms. The largest absolute Gasteiger partial charge is 0.372 e. The van der Waals surface area contributed by atoms with Gasteiger partial charge in [0, 0.05) is 31.2 Å². The third-order valence-electron chi connectivity index (χ3n) is 4.00. The number of nitrogens with zero attached hydrogens (tertiary/aromatic N) is 3. The first-order chi connectivity index (χ1) is 12.1. The lowest BCUT2D eigenvalue weighted by Gasteiger charge is -2.18. The van der Waals surface area contributed by atoms with Crippen LogP contribution in [0.2, 0.25) is 0 Å². The second kappa shape index (κ2) is 7.71. The molecule has 0 bridgehead atoms. The first-order valence-electron chi connectivity index (χ1n) is 8.15. The van der Waals surface area contributed by atoms with Gasteiger partial charge in [-0.2, -0.15) is 0 Å². The molecule has 1 aliphatic rings. The van der Waals surface area contributed by atoms with E-state index in [4.69, 9.17) is 4.74 Å². The predicted molar refractivity (Wildman–Crippen MR) is 95.9 cm³/mol. The van der Waals surface area contributed by atoms with Gasteiger partial charge in [-0.1, -0.05) is 29.5 Å². The van der Waals surface area contributed by atoms with Gasteiger partial charge in [0.2, 0.25) is 11.0 Å². The SMILES string of the molecule is CCOCC(=O)Nc1nnc(C2CC(=O)N(c3ccccc3C)C2)s1. The Balaban J connectivity index is 1.67. The number of anilines is 2. The van der Waals surface area contributed by atoms with E-state index in [-0.39, 0.29) is 24.3 Å². The number of amides is 2. The van der Waals surface area contributed by atoms with Gasteiger partial charge in [0.15, 0.2) is 0 Å². The fourth-order valence-electron chi connectivity index (χ4n) is 2.77. The topological polar surface area (TPSA) is 84.4 Å².